The number of aromatic nitrogens is 3. The molecule has 2 heterocycles. The van der Waals surface area contributed by atoms with E-state index in [4.69, 9.17) is 4.74 Å². The Bertz CT molecular complexity index is 562. The number of nitrogens with zero attached hydrogens (tertiary/aromatic N) is 3. The zero-order chi connectivity index (χ0) is 13.7. The lowest BCUT2D eigenvalue weighted by Gasteiger charge is -2.12. The third kappa shape index (κ3) is 3.15. The number of pyridine rings is 1. The van der Waals surface area contributed by atoms with Crippen molar-refractivity contribution in [2.24, 2.45) is 0 Å². The highest BCUT2D eigenvalue weighted by Crippen LogP contribution is 2.25. The zero-order valence-electron chi connectivity index (χ0n) is 10.9. The molecule has 0 radical (unpaired) electrons. The number of alkyl halides is 1. The predicted molar refractivity (Wildman–Crippen MR) is 70.5 cm³/mol. The topological polar surface area (TPSA) is 59.9 Å². The van der Waals surface area contributed by atoms with Crippen molar-refractivity contribution in [2.75, 3.05) is 19.1 Å². The van der Waals surface area contributed by atoms with Crippen molar-refractivity contribution >= 4 is 11.5 Å². The molecule has 5 nitrogen and oxygen atoms in total. The summed E-state index contributed by atoms with van der Waals surface area (Å²) in [6.45, 7) is 1.45. The van der Waals surface area contributed by atoms with E-state index in [1.807, 2.05) is 13.0 Å². The standard InChI is InChI=1S/C13H15FN4O/c1-9-7-15-6-4-10(9)17-13-11(19-2)8-16-12(18-13)3-5-14/h4,6-8H,3,5H2,1-2H3,(H,15,16,17,18). The van der Waals surface area contributed by atoms with Gasteiger partial charge in [0.15, 0.2) is 11.6 Å². The van der Waals surface area contributed by atoms with Gasteiger partial charge in [0.2, 0.25) is 0 Å². The second-order valence-electron chi connectivity index (χ2n) is 3.96. The molecule has 0 amide bonds. The van der Waals surface area contributed by atoms with Crippen molar-refractivity contribution in [3.8, 4) is 5.75 Å². The Morgan fingerprint density at radius 3 is 2.89 bits per heavy atom. The van der Waals surface area contributed by atoms with Gasteiger partial charge in [0, 0.05) is 24.5 Å². The fourth-order valence-electron chi connectivity index (χ4n) is 1.59. The summed E-state index contributed by atoms with van der Waals surface area (Å²) in [4.78, 5) is 12.3. The van der Waals surface area contributed by atoms with Crippen molar-refractivity contribution in [3.63, 3.8) is 0 Å². The van der Waals surface area contributed by atoms with Gasteiger partial charge in [-0.15, -0.1) is 0 Å². The molecule has 0 saturated carbocycles. The van der Waals surface area contributed by atoms with Gasteiger partial charge in [-0.1, -0.05) is 0 Å². The van der Waals surface area contributed by atoms with E-state index in [-0.39, 0.29) is 6.42 Å². The van der Waals surface area contributed by atoms with Gasteiger partial charge >= 0.3 is 0 Å². The van der Waals surface area contributed by atoms with Crippen LogP contribution < -0.4 is 10.1 Å². The summed E-state index contributed by atoms with van der Waals surface area (Å²) >= 11 is 0. The normalized spacial score (nSPS) is 10.3. The van der Waals surface area contributed by atoms with Gasteiger partial charge in [-0.2, -0.15) is 0 Å². The Hall–Kier alpha value is -2.24. The molecule has 1 N–H and O–H groups in total. The van der Waals surface area contributed by atoms with Crippen LogP contribution in [0.1, 0.15) is 11.4 Å². The molecule has 0 fully saturated rings. The van der Waals surface area contributed by atoms with Crippen LogP contribution in [0.15, 0.2) is 24.7 Å². The molecule has 100 valence electrons. The molecular weight excluding hydrogens is 247 g/mol. The van der Waals surface area contributed by atoms with Crippen LogP contribution in [0.2, 0.25) is 0 Å². The fraction of sp³-hybridized carbons (Fsp3) is 0.308. The number of rotatable bonds is 5. The van der Waals surface area contributed by atoms with Crippen molar-refractivity contribution in [3.05, 3.63) is 36.0 Å². The third-order valence-corrected chi connectivity index (χ3v) is 2.62. The lowest BCUT2D eigenvalue weighted by Crippen LogP contribution is -2.04. The Balaban J connectivity index is 2.32. The minimum Gasteiger partial charge on any atom is -0.491 e. The summed E-state index contributed by atoms with van der Waals surface area (Å²) < 4.78 is 17.5. The summed E-state index contributed by atoms with van der Waals surface area (Å²) in [5, 5.41) is 3.15. The van der Waals surface area contributed by atoms with Crippen LogP contribution in [0.5, 0.6) is 5.75 Å². The van der Waals surface area contributed by atoms with E-state index in [1.165, 1.54) is 13.3 Å². The first-order valence-electron chi connectivity index (χ1n) is 5.88. The Labute approximate surface area is 110 Å². The van der Waals surface area contributed by atoms with E-state index < -0.39 is 6.67 Å². The van der Waals surface area contributed by atoms with Crippen LogP contribution in [0.4, 0.5) is 15.9 Å². The van der Waals surface area contributed by atoms with Crippen LogP contribution in [0.25, 0.3) is 0 Å². The summed E-state index contributed by atoms with van der Waals surface area (Å²) in [6.07, 6.45) is 5.16. The number of anilines is 2. The molecular formula is C13H15FN4O. The average Bonchev–Trinajstić information content (AvgIpc) is 2.42. The van der Waals surface area contributed by atoms with Crippen LogP contribution >= 0.6 is 0 Å². The highest BCUT2D eigenvalue weighted by Gasteiger charge is 2.09. The Morgan fingerprint density at radius 1 is 1.37 bits per heavy atom. The monoisotopic (exact) mass is 262 g/mol. The van der Waals surface area contributed by atoms with E-state index in [2.05, 4.69) is 20.3 Å². The lowest BCUT2D eigenvalue weighted by molar-refractivity contribution is 0.411. The van der Waals surface area contributed by atoms with Crippen molar-refractivity contribution in [1.29, 1.82) is 0 Å². The van der Waals surface area contributed by atoms with Gasteiger partial charge in [0.1, 0.15) is 5.82 Å². The molecule has 2 aromatic rings. The van der Waals surface area contributed by atoms with E-state index >= 15 is 0 Å². The largest absolute Gasteiger partial charge is 0.491 e. The van der Waals surface area contributed by atoms with Gasteiger partial charge in [-0.25, -0.2) is 9.97 Å². The zero-order valence-corrected chi connectivity index (χ0v) is 10.9. The van der Waals surface area contributed by atoms with Crippen LogP contribution in [0.3, 0.4) is 0 Å². The molecule has 0 aliphatic rings. The number of aryl methyl sites for hydroxylation is 2. The lowest BCUT2D eigenvalue weighted by atomic mass is 10.2. The van der Waals surface area contributed by atoms with Gasteiger partial charge in [-0.3, -0.25) is 9.37 Å². The second-order valence-corrected chi connectivity index (χ2v) is 3.96. The second kappa shape index (κ2) is 6.08. The maximum absolute atomic E-state index is 12.3. The molecule has 0 saturated heterocycles. The fourth-order valence-corrected chi connectivity index (χ4v) is 1.59. The van der Waals surface area contributed by atoms with E-state index in [0.717, 1.165) is 11.3 Å². The van der Waals surface area contributed by atoms with Crippen molar-refractivity contribution in [2.45, 2.75) is 13.3 Å². The highest BCUT2D eigenvalue weighted by molar-refractivity contribution is 5.63. The van der Waals surface area contributed by atoms with Crippen molar-refractivity contribution in [1.82, 2.24) is 15.0 Å². The minimum atomic E-state index is -0.486. The first kappa shape index (κ1) is 13.2. The summed E-state index contributed by atoms with van der Waals surface area (Å²) in [7, 11) is 1.54. The summed E-state index contributed by atoms with van der Waals surface area (Å²) in [5.74, 6) is 1.48. The molecule has 19 heavy (non-hydrogen) atoms. The number of hydrogen-bond acceptors (Lipinski definition) is 5. The number of hydrogen-bond donors (Lipinski definition) is 1. The summed E-state index contributed by atoms with van der Waals surface area (Å²) in [6, 6.07) is 1.84. The Kier molecular flexibility index (Phi) is 4.22. The van der Waals surface area contributed by atoms with Gasteiger partial charge in [0.25, 0.3) is 0 Å². The third-order valence-electron chi connectivity index (χ3n) is 2.62. The molecule has 0 aliphatic carbocycles. The van der Waals surface area contributed by atoms with Crippen LogP contribution in [-0.4, -0.2) is 28.7 Å². The smallest absolute Gasteiger partial charge is 0.179 e. The molecule has 6 heteroatoms. The number of ether oxygens (including phenoxy) is 1. The number of methoxy groups -OCH3 is 1. The first-order valence-corrected chi connectivity index (χ1v) is 5.88. The van der Waals surface area contributed by atoms with Gasteiger partial charge in [0.05, 0.1) is 20.0 Å². The molecule has 0 aromatic carbocycles. The van der Waals surface area contributed by atoms with E-state index in [0.29, 0.717) is 17.4 Å². The van der Waals surface area contributed by atoms with Crippen LogP contribution in [0, 0.1) is 6.92 Å². The molecule has 0 bridgehead atoms. The highest BCUT2D eigenvalue weighted by atomic mass is 19.1. The molecule has 0 aliphatic heterocycles. The maximum Gasteiger partial charge on any atom is 0.179 e. The van der Waals surface area contributed by atoms with Gasteiger partial charge in [-0.05, 0) is 18.6 Å². The molecule has 2 rings (SSSR count). The summed E-state index contributed by atoms with van der Waals surface area (Å²) in [5.41, 5.74) is 1.86. The first-order chi connectivity index (χ1) is 9.24. The average molecular weight is 262 g/mol. The minimum absolute atomic E-state index is 0.188. The molecule has 2 aromatic heterocycles. The molecule has 0 unspecified atom stereocenters. The van der Waals surface area contributed by atoms with E-state index in [1.54, 1.807) is 12.4 Å². The van der Waals surface area contributed by atoms with E-state index in [9.17, 15) is 4.39 Å². The predicted octanol–water partition coefficient (Wildman–Crippen LogP) is 2.44. The van der Waals surface area contributed by atoms with Crippen molar-refractivity contribution < 1.29 is 9.13 Å². The number of halogens is 1. The quantitative estimate of drug-likeness (QED) is 0.896. The molecule has 0 atom stereocenters. The Morgan fingerprint density at radius 2 is 2.21 bits per heavy atom. The van der Waals surface area contributed by atoms with Crippen LogP contribution in [-0.2, 0) is 6.42 Å². The molecule has 0 spiro atoms. The van der Waals surface area contributed by atoms with Gasteiger partial charge < -0.3 is 10.1 Å². The maximum atomic E-state index is 12.3. The SMILES string of the molecule is COc1cnc(CCF)nc1Nc1ccncc1C. The number of nitrogens with one attached hydrogen (secondary N) is 1.